The van der Waals surface area contributed by atoms with Crippen molar-refractivity contribution >= 4 is 5.78 Å². The minimum Gasteiger partial charge on any atom is -0.390 e. The minimum atomic E-state index is -1.07. The largest absolute Gasteiger partial charge is 0.390 e. The fraction of sp³-hybridized carbons (Fsp3) is 0.850. The summed E-state index contributed by atoms with van der Waals surface area (Å²) in [7, 11) is 0. The van der Waals surface area contributed by atoms with Gasteiger partial charge >= 0.3 is 0 Å². The molecule has 0 heterocycles. The molecule has 4 fully saturated rings. The zero-order chi connectivity index (χ0) is 17.7. The van der Waals surface area contributed by atoms with Crippen LogP contribution in [0.15, 0.2) is 12.2 Å². The number of carbonyl (C=O) groups is 1. The Labute approximate surface area is 144 Å². The van der Waals surface area contributed by atoms with Crippen LogP contribution < -0.4 is 0 Å². The lowest BCUT2D eigenvalue weighted by molar-refractivity contribution is -0.258. The second-order valence-corrected chi connectivity index (χ2v) is 9.86. The van der Waals surface area contributed by atoms with Crippen molar-refractivity contribution in [1.82, 2.24) is 0 Å². The average Bonchev–Trinajstić information content (AvgIpc) is 2.66. The predicted molar refractivity (Wildman–Crippen MR) is 90.0 cm³/mol. The highest BCUT2D eigenvalue weighted by molar-refractivity contribution is 5.86. The van der Waals surface area contributed by atoms with E-state index in [0.29, 0.717) is 18.4 Å². The molecular formula is C20H30O4. The van der Waals surface area contributed by atoms with Crippen LogP contribution >= 0.6 is 0 Å². The van der Waals surface area contributed by atoms with Crippen LogP contribution in [-0.2, 0) is 4.79 Å². The van der Waals surface area contributed by atoms with E-state index in [4.69, 9.17) is 0 Å². The third-order valence-electron chi connectivity index (χ3n) is 8.26. The van der Waals surface area contributed by atoms with Crippen LogP contribution in [-0.4, -0.2) is 39.4 Å². The van der Waals surface area contributed by atoms with E-state index < -0.39 is 29.6 Å². The zero-order valence-electron chi connectivity index (χ0n) is 15.0. The Morgan fingerprint density at radius 1 is 1.12 bits per heavy atom. The third kappa shape index (κ3) is 1.68. The number of fused-ring (bicyclic) bond motifs is 3. The molecule has 4 heteroatoms. The van der Waals surface area contributed by atoms with E-state index in [1.807, 2.05) is 0 Å². The van der Waals surface area contributed by atoms with Crippen LogP contribution in [0.2, 0.25) is 0 Å². The number of Topliss-reactive ketones (excluding diaryl/α,β-unsaturated/α-hetero) is 1. The first-order valence-corrected chi connectivity index (χ1v) is 9.33. The minimum absolute atomic E-state index is 0.0534. The van der Waals surface area contributed by atoms with E-state index in [9.17, 15) is 20.1 Å². The molecule has 3 N–H and O–H groups in total. The molecule has 0 amide bonds. The van der Waals surface area contributed by atoms with Crippen LogP contribution in [0.4, 0.5) is 0 Å². The van der Waals surface area contributed by atoms with Gasteiger partial charge in [0.2, 0.25) is 0 Å². The van der Waals surface area contributed by atoms with Gasteiger partial charge in [-0.3, -0.25) is 4.79 Å². The van der Waals surface area contributed by atoms with Crippen molar-refractivity contribution in [1.29, 1.82) is 0 Å². The van der Waals surface area contributed by atoms with Gasteiger partial charge in [-0.2, -0.15) is 0 Å². The maximum absolute atomic E-state index is 13.2. The van der Waals surface area contributed by atoms with E-state index in [2.05, 4.69) is 27.4 Å². The standard InChI is InChI=1S/C20H30O4/c1-10-11-8-12(21)14-19(4)7-5-6-18(2,3)15(19)13(22)17(24)20(14,9-11)16(10)23/h11,13-17,22-24H,1,5-9H2,2-4H3. The second kappa shape index (κ2) is 4.72. The molecule has 4 aliphatic carbocycles. The molecule has 8 atom stereocenters. The van der Waals surface area contributed by atoms with Gasteiger partial charge < -0.3 is 15.3 Å². The molecule has 24 heavy (non-hydrogen) atoms. The zero-order valence-corrected chi connectivity index (χ0v) is 15.0. The molecule has 0 aromatic rings. The van der Waals surface area contributed by atoms with Crippen LogP contribution in [0.1, 0.15) is 52.9 Å². The fourth-order valence-electron chi connectivity index (χ4n) is 7.62. The molecule has 4 saturated carbocycles. The highest BCUT2D eigenvalue weighted by Gasteiger charge is 2.74. The molecule has 0 aromatic carbocycles. The number of rotatable bonds is 0. The van der Waals surface area contributed by atoms with Gasteiger partial charge in [0.25, 0.3) is 0 Å². The molecule has 8 unspecified atom stereocenters. The average molecular weight is 334 g/mol. The Morgan fingerprint density at radius 2 is 1.79 bits per heavy atom. The van der Waals surface area contributed by atoms with Crippen molar-refractivity contribution in [3.8, 4) is 0 Å². The maximum Gasteiger partial charge on any atom is 0.137 e. The van der Waals surface area contributed by atoms with Crippen molar-refractivity contribution in [3.05, 3.63) is 12.2 Å². The second-order valence-electron chi connectivity index (χ2n) is 9.86. The van der Waals surface area contributed by atoms with Crippen molar-refractivity contribution in [2.24, 2.45) is 34.0 Å². The third-order valence-corrected chi connectivity index (χ3v) is 8.26. The molecule has 0 saturated heterocycles. The summed E-state index contributed by atoms with van der Waals surface area (Å²) in [6.07, 6.45) is 0.996. The monoisotopic (exact) mass is 334 g/mol. The highest BCUT2D eigenvalue weighted by Crippen LogP contribution is 2.71. The van der Waals surface area contributed by atoms with Crippen molar-refractivity contribution in [2.75, 3.05) is 0 Å². The highest BCUT2D eigenvalue weighted by atomic mass is 16.3. The molecule has 134 valence electrons. The van der Waals surface area contributed by atoms with Gasteiger partial charge in [-0.05, 0) is 47.5 Å². The summed E-state index contributed by atoms with van der Waals surface area (Å²) in [5.74, 6) is -0.424. The Morgan fingerprint density at radius 3 is 2.46 bits per heavy atom. The lowest BCUT2D eigenvalue weighted by atomic mass is 9.39. The summed E-state index contributed by atoms with van der Waals surface area (Å²) in [6, 6.07) is 0. The van der Waals surface area contributed by atoms with Crippen molar-refractivity contribution in [2.45, 2.75) is 71.2 Å². The summed E-state index contributed by atoms with van der Waals surface area (Å²) in [6.45, 7) is 10.4. The molecule has 4 rings (SSSR count). The van der Waals surface area contributed by atoms with Crippen LogP contribution in [0.3, 0.4) is 0 Å². The number of carbonyl (C=O) groups excluding carboxylic acids is 1. The number of ketones is 1. The molecule has 4 aliphatic rings. The smallest absolute Gasteiger partial charge is 0.137 e. The SMILES string of the molecule is C=C1C2CC(=O)C3C4(C)CCCC(C)(C)C4C(O)C(O)C3(C2)C1O. The Bertz CT molecular complexity index is 611. The van der Waals surface area contributed by atoms with Gasteiger partial charge in [0, 0.05) is 17.8 Å². The summed E-state index contributed by atoms with van der Waals surface area (Å²) >= 11 is 0. The summed E-state index contributed by atoms with van der Waals surface area (Å²) in [5.41, 5.74) is -0.787. The summed E-state index contributed by atoms with van der Waals surface area (Å²) in [4.78, 5) is 13.2. The van der Waals surface area contributed by atoms with E-state index in [0.717, 1.165) is 19.3 Å². The first kappa shape index (κ1) is 16.7. The summed E-state index contributed by atoms with van der Waals surface area (Å²) < 4.78 is 0. The molecule has 4 nitrogen and oxygen atoms in total. The molecular weight excluding hydrogens is 304 g/mol. The van der Waals surface area contributed by atoms with Crippen LogP contribution in [0.5, 0.6) is 0 Å². The quantitative estimate of drug-likeness (QED) is 0.593. The van der Waals surface area contributed by atoms with Gasteiger partial charge in [0.15, 0.2) is 0 Å². The number of aliphatic hydroxyl groups excluding tert-OH is 3. The van der Waals surface area contributed by atoms with Gasteiger partial charge in [-0.25, -0.2) is 0 Å². The first-order valence-electron chi connectivity index (χ1n) is 9.33. The lowest BCUT2D eigenvalue weighted by Gasteiger charge is -2.66. The Hall–Kier alpha value is -0.710. The molecule has 0 radical (unpaired) electrons. The molecule has 0 aromatic heterocycles. The van der Waals surface area contributed by atoms with Gasteiger partial charge in [-0.15, -0.1) is 0 Å². The number of aliphatic hydroxyl groups is 3. The van der Waals surface area contributed by atoms with Crippen molar-refractivity contribution < 1.29 is 20.1 Å². The van der Waals surface area contributed by atoms with Gasteiger partial charge in [0.1, 0.15) is 5.78 Å². The molecule has 2 bridgehead atoms. The van der Waals surface area contributed by atoms with Crippen molar-refractivity contribution in [3.63, 3.8) is 0 Å². The van der Waals surface area contributed by atoms with Crippen LogP contribution in [0.25, 0.3) is 0 Å². The van der Waals surface area contributed by atoms with E-state index in [1.54, 1.807) is 0 Å². The normalized spacial score (nSPS) is 55.9. The lowest BCUT2D eigenvalue weighted by Crippen LogP contribution is -2.71. The number of hydrogen-bond acceptors (Lipinski definition) is 4. The summed E-state index contributed by atoms with van der Waals surface area (Å²) in [5, 5.41) is 33.2. The number of hydrogen-bond donors (Lipinski definition) is 3. The predicted octanol–water partition coefficient (Wildman–Crippen LogP) is 2.07. The fourth-order valence-corrected chi connectivity index (χ4v) is 7.62. The first-order chi connectivity index (χ1) is 11.1. The van der Waals surface area contributed by atoms with E-state index >= 15 is 0 Å². The van der Waals surface area contributed by atoms with E-state index in [-0.39, 0.29) is 28.4 Å². The van der Waals surface area contributed by atoms with E-state index in [1.165, 1.54) is 0 Å². The van der Waals surface area contributed by atoms with Crippen LogP contribution in [0, 0.1) is 34.0 Å². The van der Waals surface area contributed by atoms with Gasteiger partial charge in [-0.1, -0.05) is 33.8 Å². The molecule has 1 spiro atoms. The maximum atomic E-state index is 13.2. The Kier molecular flexibility index (Phi) is 3.29. The van der Waals surface area contributed by atoms with Gasteiger partial charge in [0.05, 0.1) is 18.3 Å². The Balaban J connectivity index is 1.93. The topological polar surface area (TPSA) is 77.8 Å². The molecule has 0 aliphatic heterocycles.